The van der Waals surface area contributed by atoms with Gasteiger partial charge in [-0.05, 0) is 96.0 Å². The number of phosphoric ester groups is 1. The van der Waals surface area contributed by atoms with Crippen molar-refractivity contribution in [3.63, 3.8) is 0 Å². The molecular weight excluding hydrogens is 856 g/mol. The van der Waals surface area contributed by atoms with E-state index in [0.717, 1.165) is 89.9 Å². The number of allylic oxidation sites excluding steroid dienone is 11. The molecule has 0 aromatic heterocycles. The van der Waals surface area contributed by atoms with E-state index in [0.29, 0.717) is 23.9 Å². The number of nitrogens with one attached hydrogen (secondary N) is 1. The third-order valence-electron chi connectivity index (χ3n) is 11.6. The van der Waals surface area contributed by atoms with Crippen LogP contribution in [0.2, 0.25) is 0 Å². The summed E-state index contributed by atoms with van der Waals surface area (Å²) in [5, 5.41) is 2.99. The quantitative estimate of drug-likeness (QED) is 0.0212. The lowest BCUT2D eigenvalue weighted by Gasteiger charge is -2.30. The van der Waals surface area contributed by atoms with Crippen LogP contribution < -0.4 is 10.2 Å². The minimum Gasteiger partial charge on any atom is -0.756 e. The number of carbonyl (C=O) groups excluding carboxylic acids is 2. The third-order valence-corrected chi connectivity index (χ3v) is 12.6. The highest BCUT2D eigenvalue weighted by Crippen LogP contribution is 2.38. The van der Waals surface area contributed by atoms with E-state index in [1.807, 2.05) is 33.3 Å². The molecule has 10 heteroatoms. The summed E-state index contributed by atoms with van der Waals surface area (Å²) in [6, 6.07) is -0.911. The number of ether oxygens (including phenoxy) is 1. The molecule has 9 nitrogen and oxygen atoms in total. The zero-order valence-electron chi connectivity index (χ0n) is 44.1. The van der Waals surface area contributed by atoms with Gasteiger partial charge >= 0.3 is 5.97 Å². The van der Waals surface area contributed by atoms with E-state index in [1.165, 1.54) is 89.9 Å². The molecule has 0 rings (SSSR count). The van der Waals surface area contributed by atoms with Crippen molar-refractivity contribution in [3.05, 3.63) is 72.9 Å². The molecule has 388 valence electrons. The summed E-state index contributed by atoms with van der Waals surface area (Å²) in [5.41, 5.74) is 0. The third kappa shape index (κ3) is 48.3. The highest BCUT2D eigenvalue weighted by atomic mass is 31.2. The van der Waals surface area contributed by atoms with Crippen molar-refractivity contribution < 1.29 is 37.3 Å². The maximum absolute atomic E-state index is 13.4. The van der Waals surface area contributed by atoms with E-state index in [-0.39, 0.29) is 31.3 Å². The van der Waals surface area contributed by atoms with Crippen LogP contribution in [0.15, 0.2) is 72.9 Å². The Bertz CT molecular complexity index is 1380. The average Bonchev–Trinajstić information content (AvgIpc) is 3.28. The van der Waals surface area contributed by atoms with Crippen molar-refractivity contribution in [2.24, 2.45) is 0 Å². The van der Waals surface area contributed by atoms with Gasteiger partial charge in [-0.15, -0.1) is 0 Å². The molecule has 0 bridgehead atoms. The Hall–Kier alpha value is -2.55. The Morgan fingerprint density at radius 1 is 0.537 bits per heavy atom. The summed E-state index contributed by atoms with van der Waals surface area (Å²) in [6.07, 6.45) is 58.7. The lowest BCUT2D eigenvalue weighted by molar-refractivity contribution is -0.870. The zero-order valence-corrected chi connectivity index (χ0v) is 45.0. The van der Waals surface area contributed by atoms with E-state index in [9.17, 15) is 19.0 Å². The Labute approximate surface area is 413 Å². The lowest BCUT2D eigenvalue weighted by atomic mass is 10.1. The Balaban J connectivity index is 5.46. The summed E-state index contributed by atoms with van der Waals surface area (Å²) in [7, 11) is 1.15. The molecule has 67 heavy (non-hydrogen) atoms. The molecule has 0 spiro atoms. The fraction of sp³-hybridized carbons (Fsp3) is 0.754. The van der Waals surface area contributed by atoms with Crippen LogP contribution in [0.4, 0.5) is 0 Å². The van der Waals surface area contributed by atoms with Crippen LogP contribution >= 0.6 is 7.82 Å². The second-order valence-corrected chi connectivity index (χ2v) is 20.8. The van der Waals surface area contributed by atoms with Crippen LogP contribution in [0.3, 0.4) is 0 Å². The minimum absolute atomic E-state index is 0.0335. The fourth-order valence-electron chi connectivity index (χ4n) is 7.39. The first-order valence-electron chi connectivity index (χ1n) is 27.2. The van der Waals surface area contributed by atoms with Crippen LogP contribution in [-0.4, -0.2) is 69.4 Å². The number of phosphoric acid groups is 1. The zero-order chi connectivity index (χ0) is 49.4. The van der Waals surface area contributed by atoms with Crippen LogP contribution in [0.5, 0.6) is 0 Å². The van der Waals surface area contributed by atoms with Crippen LogP contribution in [0.1, 0.15) is 226 Å². The summed E-state index contributed by atoms with van der Waals surface area (Å²) >= 11 is 0. The summed E-state index contributed by atoms with van der Waals surface area (Å²) in [6.45, 7) is 6.66. The Morgan fingerprint density at radius 3 is 1.45 bits per heavy atom. The second-order valence-electron chi connectivity index (χ2n) is 19.3. The average molecular weight is 959 g/mol. The topological polar surface area (TPSA) is 114 Å². The molecule has 3 atom stereocenters. The number of carbonyl (C=O) groups is 2. The van der Waals surface area contributed by atoms with Gasteiger partial charge in [0.05, 0.1) is 33.8 Å². The highest BCUT2D eigenvalue weighted by molar-refractivity contribution is 7.45. The first-order chi connectivity index (χ1) is 32.4. The monoisotopic (exact) mass is 959 g/mol. The molecule has 0 aliphatic carbocycles. The maximum atomic E-state index is 13.4. The summed E-state index contributed by atoms with van der Waals surface area (Å²) < 4.78 is 30.1. The summed E-state index contributed by atoms with van der Waals surface area (Å²) in [5.74, 6) is -0.600. The molecule has 0 radical (unpaired) electrons. The van der Waals surface area contributed by atoms with Crippen molar-refractivity contribution in [1.82, 2.24) is 5.32 Å². The van der Waals surface area contributed by atoms with Crippen LogP contribution in [0.25, 0.3) is 0 Å². The standard InChI is InChI=1S/C57H103N2O7P/c1-7-10-13-16-19-22-25-27-29-30-31-34-37-40-43-46-49-56(60)58-54(53-65-67(62,63)64-52-51-59(4,5)6)55(48-45-42-39-36-33-24-21-18-15-12-9-3)66-57(61)50-47-44-41-38-35-32-28-26-23-20-17-14-11-8-2/h10,13,19,22,27,29,31-32,34-35,45,48,54-55H,7-9,11-12,14-18,20-21,23-26,28,30,33,36-44,46-47,49-53H2,1-6H3,(H-,58,60,62,63)/b13-10+,22-19+,29-27+,34-31+,35-32-,48-45+. The lowest BCUT2D eigenvalue weighted by Crippen LogP contribution is -2.47. The van der Waals surface area contributed by atoms with Gasteiger partial charge in [-0.1, -0.05) is 190 Å². The van der Waals surface area contributed by atoms with Gasteiger partial charge in [0.1, 0.15) is 19.3 Å². The number of amides is 1. The number of unbranched alkanes of at least 4 members (excludes halogenated alkanes) is 22. The molecule has 0 aromatic rings. The van der Waals surface area contributed by atoms with Gasteiger partial charge < -0.3 is 28.5 Å². The number of hydrogen-bond donors (Lipinski definition) is 1. The number of esters is 1. The van der Waals surface area contributed by atoms with Crippen molar-refractivity contribution in [1.29, 1.82) is 0 Å². The first kappa shape index (κ1) is 64.5. The van der Waals surface area contributed by atoms with E-state index in [2.05, 4.69) is 86.8 Å². The molecule has 0 saturated carbocycles. The molecule has 0 aromatic carbocycles. The van der Waals surface area contributed by atoms with Gasteiger partial charge in [0, 0.05) is 12.8 Å². The highest BCUT2D eigenvalue weighted by Gasteiger charge is 2.27. The van der Waals surface area contributed by atoms with Crippen molar-refractivity contribution >= 4 is 19.7 Å². The normalized spacial score (nSPS) is 14.4. The molecule has 3 unspecified atom stereocenters. The van der Waals surface area contributed by atoms with Crippen molar-refractivity contribution in [2.75, 3.05) is 40.9 Å². The van der Waals surface area contributed by atoms with Gasteiger partial charge in [-0.2, -0.15) is 0 Å². The summed E-state index contributed by atoms with van der Waals surface area (Å²) in [4.78, 5) is 39.7. The largest absolute Gasteiger partial charge is 0.756 e. The smallest absolute Gasteiger partial charge is 0.306 e. The number of nitrogens with zero attached hydrogens (tertiary/aromatic N) is 1. The van der Waals surface area contributed by atoms with Gasteiger partial charge in [-0.25, -0.2) is 0 Å². The fourth-order valence-corrected chi connectivity index (χ4v) is 8.11. The van der Waals surface area contributed by atoms with Gasteiger partial charge in [0.2, 0.25) is 5.91 Å². The molecule has 0 aliphatic rings. The van der Waals surface area contributed by atoms with Gasteiger partial charge in [-0.3, -0.25) is 14.2 Å². The SMILES string of the molecule is CC/C=C/C/C=C/C/C=C/C/C=C/CCCCCC(=O)NC(COP(=O)([O-])OCC[N+](C)(C)C)C(/C=C/CCCCCCCCCCC)OC(=O)CCCCC/C=C\CCCCCCCCC. The number of likely N-dealkylation sites (N-methyl/N-ethyl adjacent to an activating group) is 1. The molecule has 0 saturated heterocycles. The van der Waals surface area contributed by atoms with Crippen molar-refractivity contribution in [2.45, 2.75) is 238 Å². The van der Waals surface area contributed by atoms with E-state index >= 15 is 0 Å². The second kappa shape index (κ2) is 47.1. The molecule has 0 heterocycles. The molecular formula is C57H103N2O7P. The van der Waals surface area contributed by atoms with Crippen LogP contribution in [0, 0.1) is 0 Å². The predicted octanol–water partition coefficient (Wildman–Crippen LogP) is 15.5. The van der Waals surface area contributed by atoms with E-state index < -0.39 is 26.6 Å². The number of rotatable bonds is 48. The Morgan fingerprint density at radius 2 is 0.955 bits per heavy atom. The molecule has 1 N–H and O–H groups in total. The maximum Gasteiger partial charge on any atom is 0.306 e. The minimum atomic E-state index is -4.70. The van der Waals surface area contributed by atoms with E-state index in [1.54, 1.807) is 0 Å². The predicted molar refractivity (Wildman–Crippen MR) is 284 cm³/mol. The van der Waals surface area contributed by atoms with Crippen LogP contribution in [-0.2, 0) is 27.9 Å². The first-order valence-corrected chi connectivity index (χ1v) is 28.7. The molecule has 0 fully saturated rings. The Kier molecular flexibility index (Phi) is 45.3. The molecule has 1 amide bonds. The van der Waals surface area contributed by atoms with Gasteiger partial charge in [0.25, 0.3) is 7.82 Å². The van der Waals surface area contributed by atoms with Crippen molar-refractivity contribution in [3.8, 4) is 0 Å². The number of quaternary nitrogens is 1. The molecule has 0 aliphatic heterocycles. The van der Waals surface area contributed by atoms with Gasteiger partial charge in [0.15, 0.2) is 0 Å². The number of hydrogen-bond acceptors (Lipinski definition) is 7. The van der Waals surface area contributed by atoms with E-state index in [4.69, 9.17) is 13.8 Å².